The fraction of sp³-hybridized carbons (Fsp3) is 0.217. The van der Waals surface area contributed by atoms with Gasteiger partial charge >= 0.3 is 126 Å². The summed E-state index contributed by atoms with van der Waals surface area (Å²) in [6, 6.07) is 55.9. The van der Waals surface area contributed by atoms with Gasteiger partial charge in [-0.3, -0.25) is 9.97 Å². The molecule has 67 heavy (non-hydrogen) atoms. The minimum Gasteiger partial charge on any atom is -0.499 e. The van der Waals surface area contributed by atoms with Crippen molar-refractivity contribution in [1.29, 1.82) is 0 Å². The van der Waals surface area contributed by atoms with E-state index in [0.717, 1.165) is 101 Å². The number of furan rings is 1. The first-order valence-corrected chi connectivity index (χ1v) is 30.4. The Bertz CT molecular complexity index is 3280. The maximum absolute atomic E-state index is 6.61. The number of rotatable bonds is 8. The Kier molecular flexibility index (Phi) is 13.7. The summed E-state index contributed by atoms with van der Waals surface area (Å²) in [5, 5.41) is 2.13. The summed E-state index contributed by atoms with van der Waals surface area (Å²) >= 11 is -1.86. The number of hydrogen-bond acceptors (Lipinski definition) is 4. The largest absolute Gasteiger partial charge is 0.499 e. The predicted molar refractivity (Wildman–Crippen MR) is 279 cm³/mol. The molecule has 1 radical (unpaired) electrons. The predicted octanol–water partition coefficient (Wildman–Crippen LogP) is 15.3. The van der Waals surface area contributed by atoms with Gasteiger partial charge in [0.05, 0.1) is 34.3 Å². The Morgan fingerprint density at radius 1 is 0.731 bits per heavy atom. The molecule has 6 aromatic carbocycles. The smallest absolute Gasteiger partial charge is 0.139 e. The van der Waals surface area contributed by atoms with Gasteiger partial charge in [0, 0.05) is 42.3 Å². The molecule has 10 rings (SSSR count). The molecule has 0 N–H and O–H groups in total. The van der Waals surface area contributed by atoms with Crippen molar-refractivity contribution < 1.29 is 24.5 Å². The quantitative estimate of drug-likeness (QED) is 0.112. The van der Waals surface area contributed by atoms with Crippen molar-refractivity contribution in [1.82, 2.24) is 19.5 Å². The standard InChI is InChI=1S/C42H34N3O.C18H24GeN.Ir/c1-26-20-21-31(40-38(26)34-22-27(2)43-25-37(34)46-40)41-44-35-18-12-13-19-36(35)45(41)39-32(28-14-8-6-9-15-28)23-30(42(3,4)5)24-33(39)29-16-10-7-11-17-29;1-14(2)11-16-12-18(15-9-7-6-8-10-15)20-13-17(16)19(3,4)5;/h6-20,22-25H,1-5H3;6-9,12-14H,11H2,1-5H3;/q2*-1;. The fourth-order valence-electron chi connectivity index (χ4n) is 9.04. The van der Waals surface area contributed by atoms with Crippen LogP contribution >= 0.6 is 0 Å². The molecule has 0 saturated carbocycles. The van der Waals surface area contributed by atoms with Crippen LogP contribution in [0, 0.1) is 31.9 Å². The summed E-state index contributed by atoms with van der Waals surface area (Å²) in [7, 11) is 0. The molecule has 7 heteroatoms. The molecule has 0 fully saturated rings. The number of pyridine rings is 2. The van der Waals surface area contributed by atoms with Crippen molar-refractivity contribution in [3.05, 3.63) is 186 Å². The van der Waals surface area contributed by atoms with E-state index in [1.165, 1.54) is 11.1 Å². The number of aryl methyl sites for hydroxylation is 2. The Hall–Kier alpha value is -5.92. The molecule has 4 aromatic heterocycles. The third kappa shape index (κ3) is 9.76. The van der Waals surface area contributed by atoms with Crippen LogP contribution in [0.2, 0.25) is 17.3 Å². The van der Waals surface area contributed by atoms with Crippen LogP contribution in [0.15, 0.2) is 156 Å². The Morgan fingerprint density at radius 3 is 1.99 bits per heavy atom. The molecule has 0 spiro atoms. The molecule has 0 aliphatic rings. The molecule has 0 bridgehead atoms. The second-order valence-electron chi connectivity index (χ2n) is 20.0. The van der Waals surface area contributed by atoms with Gasteiger partial charge in [0.2, 0.25) is 0 Å². The van der Waals surface area contributed by atoms with Crippen molar-refractivity contribution in [2.45, 2.75) is 77.6 Å². The topological polar surface area (TPSA) is 56.7 Å². The molecule has 5 nitrogen and oxygen atoms in total. The van der Waals surface area contributed by atoms with Crippen molar-refractivity contribution >= 4 is 50.6 Å². The first-order chi connectivity index (χ1) is 31.7. The summed E-state index contributed by atoms with van der Waals surface area (Å²) in [4.78, 5) is 14.6. The zero-order chi connectivity index (χ0) is 46.3. The molecule has 339 valence electrons. The van der Waals surface area contributed by atoms with Crippen molar-refractivity contribution in [2.75, 3.05) is 0 Å². The molecule has 0 saturated heterocycles. The molecule has 0 unspecified atom stereocenters. The second kappa shape index (κ2) is 19.4. The van der Waals surface area contributed by atoms with Crippen LogP contribution in [-0.2, 0) is 31.9 Å². The van der Waals surface area contributed by atoms with Gasteiger partial charge in [-0.15, -0.1) is 17.7 Å². The molecule has 0 amide bonds. The summed E-state index contributed by atoms with van der Waals surface area (Å²) in [5.41, 5.74) is 16.8. The average molecular weight is 1120 g/mol. The van der Waals surface area contributed by atoms with E-state index in [9.17, 15) is 0 Å². The Labute approximate surface area is 412 Å². The molecule has 0 aliphatic carbocycles. The van der Waals surface area contributed by atoms with Gasteiger partial charge in [0.25, 0.3) is 0 Å². The third-order valence-corrected chi connectivity index (χ3v) is 16.7. The first-order valence-electron chi connectivity index (χ1n) is 23.1. The molecular weight excluding hydrogens is 1060 g/mol. The van der Waals surface area contributed by atoms with Gasteiger partial charge in [0.15, 0.2) is 0 Å². The van der Waals surface area contributed by atoms with E-state index in [-0.39, 0.29) is 25.5 Å². The zero-order valence-electron chi connectivity index (χ0n) is 40.2. The van der Waals surface area contributed by atoms with Crippen LogP contribution in [-0.4, -0.2) is 32.8 Å². The molecule has 10 aromatic rings. The summed E-state index contributed by atoms with van der Waals surface area (Å²) in [6.45, 7) is 15.5. The van der Waals surface area contributed by atoms with Crippen LogP contribution in [0.25, 0.3) is 83.6 Å². The van der Waals surface area contributed by atoms with E-state index in [4.69, 9.17) is 14.4 Å². The molecular formula is C60H58GeIrN4O-2. The average Bonchev–Trinajstić information content (AvgIpc) is 3.88. The van der Waals surface area contributed by atoms with E-state index in [1.54, 1.807) is 4.40 Å². The van der Waals surface area contributed by atoms with Crippen LogP contribution < -0.4 is 4.40 Å². The number of benzene rings is 6. The van der Waals surface area contributed by atoms with E-state index in [1.807, 2.05) is 37.4 Å². The first kappa shape index (κ1) is 47.6. The van der Waals surface area contributed by atoms with Gasteiger partial charge < -0.3 is 8.98 Å². The van der Waals surface area contributed by atoms with Gasteiger partial charge in [-0.25, -0.2) is 0 Å². The number of para-hydroxylation sites is 2. The fourth-order valence-corrected chi connectivity index (χ4v) is 12.4. The summed E-state index contributed by atoms with van der Waals surface area (Å²) in [5.74, 6) is 8.78. The number of fused-ring (bicyclic) bond motifs is 4. The van der Waals surface area contributed by atoms with Crippen molar-refractivity contribution in [3.8, 4) is 50.6 Å². The number of aromatic nitrogens is 4. The summed E-state index contributed by atoms with van der Waals surface area (Å²) in [6.07, 6.45) is 5.09. The van der Waals surface area contributed by atoms with Crippen LogP contribution in [0.3, 0.4) is 0 Å². The minimum absolute atomic E-state index is 0. The SMILES string of the molecule is CC(C)Cc1cc(-c2[c-]cccc2)nc[c]1[Ge]([CH3])([CH3])[CH3].Cc1cc2c(cn1)oc1c(-c3nc4ccccc4n3-c3c(-c4ccccc4)cc(C(C)(C)C)cc3-c3ccccc3)[c-]cc(C)c12.[Ir]. The Morgan fingerprint density at radius 2 is 1.37 bits per heavy atom. The van der Waals surface area contributed by atoms with Gasteiger partial charge in [-0.05, 0) is 59.4 Å². The maximum Gasteiger partial charge on any atom is 0.139 e. The van der Waals surface area contributed by atoms with Crippen molar-refractivity contribution in [2.24, 2.45) is 5.92 Å². The normalized spacial score (nSPS) is 11.8. The van der Waals surface area contributed by atoms with E-state index < -0.39 is 13.3 Å². The van der Waals surface area contributed by atoms with Crippen molar-refractivity contribution in [3.63, 3.8) is 0 Å². The number of hydrogen-bond donors (Lipinski definition) is 0. The Balaban J connectivity index is 0.000000244. The number of imidazole rings is 1. The van der Waals surface area contributed by atoms with E-state index in [0.29, 0.717) is 5.92 Å². The van der Waals surface area contributed by atoms with Crippen LogP contribution in [0.4, 0.5) is 0 Å². The van der Waals surface area contributed by atoms with Gasteiger partial charge in [-0.2, -0.15) is 0 Å². The monoisotopic (exact) mass is 1120 g/mol. The van der Waals surface area contributed by atoms with Crippen LogP contribution in [0.5, 0.6) is 0 Å². The van der Waals surface area contributed by atoms with E-state index >= 15 is 0 Å². The summed E-state index contributed by atoms with van der Waals surface area (Å²) < 4.78 is 10.5. The van der Waals surface area contributed by atoms with Crippen LogP contribution in [0.1, 0.15) is 57.0 Å². The second-order valence-corrected chi connectivity index (χ2v) is 30.6. The molecule has 0 aliphatic heterocycles. The number of nitrogens with zero attached hydrogens (tertiary/aromatic N) is 4. The molecule has 0 atom stereocenters. The minimum atomic E-state index is -1.86. The zero-order valence-corrected chi connectivity index (χ0v) is 44.7. The molecule has 4 heterocycles. The van der Waals surface area contributed by atoms with E-state index in [2.05, 4.69) is 202 Å². The third-order valence-electron chi connectivity index (χ3n) is 12.3. The maximum atomic E-state index is 6.61. The van der Waals surface area contributed by atoms with Gasteiger partial charge in [0.1, 0.15) is 5.58 Å². The van der Waals surface area contributed by atoms with Gasteiger partial charge in [-0.1, -0.05) is 111 Å².